The molecule has 1 aromatic rings. The van der Waals surface area contributed by atoms with Crippen molar-refractivity contribution < 1.29 is 14.2 Å². The Kier molecular flexibility index (Phi) is 14.9. The Hall–Kier alpha value is -0.740. The number of benzene rings is 1. The van der Waals surface area contributed by atoms with Gasteiger partial charge >= 0.3 is 0 Å². The van der Waals surface area contributed by atoms with E-state index in [1.807, 2.05) is 19.1 Å². The van der Waals surface area contributed by atoms with Crippen LogP contribution in [0.4, 0.5) is 0 Å². The lowest BCUT2D eigenvalue weighted by Gasteiger charge is -2.13. The number of hydrogen-bond donors (Lipinski definition) is 2. The smallest absolute Gasteiger partial charge is 0.191 e. The number of ether oxygens (including phenoxy) is 3. The van der Waals surface area contributed by atoms with E-state index in [0.717, 1.165) is 55.1 Å². The molecule has 0 unspecified atom stereocenters. The zero-order valence-electron chi connectivity index (χ0n) is 16.1. The highest BCUT2D eigenvalue weighted by atomic mass is 127. The summed E-state index contributed by atoms with van der Waals surface area (Å²) in [5.41, 5.74) is 1.04. The predicted octanol–water partition coefficient (Wildman–Crippen LogP) is 3.96. The van der Waals surface area contributed by atoms with Crippen LogP contribution in [0, 0.1) is 0 Å². The van der Waals surface area contributed by atoms with E-state index in [-0.39, 0.29) is 24.0 Å². The molecule has 0 fully saturated rings. The molecule has 6 nitrogen and oxygen atoms in total. The summed E-state index contributed by atoms with van der Waals surface area (Å²) in [5, 5.41) is 6.61. The lowest BCUT2D eigenvalue weighted by molar-refractivity contribution is 0.143. The summed E-state index contributed by atoms with van der Waals surface area (Å²) in [6, 6.07) is 3.94. The second kappa shape index (κ2) is 15.3. The number of aliphatic imine (C=N–C) groups is 1. The molecule has 0 bridgehead atoms. The largest absolute Gasteiger partial charge is 0.493 e. The second-order valence-electron chi connectivity index (χ2n) is 5.34. The molecule has 0 radical (unpaired) electrons. The normalized spacial score (nSPS) is 10.9. The maximum absolute atomic E-state index is 5.38. The molecule has 0 aliphatic rings. The third-order valence-electron chi connectivity index (χ3n) is 3.47. The zero-order chi connectivity index (χ0) is 18.5. The van der Waals surface area contributed by atoms with Crippen LogP contribution in [0.25, 0.3) is 0 Å². The Morgan fingerprint density at radius 3 is 2.50 bits per heavy atom. The van der Waals surface area contributed by atoms with Gasteiger partial charge in [0.05, 0.1) is 25.2 Å². The monoisotopic (exact) mass is 543 g/mol. The summed E-state index contributed by atoms with van der Waals surface area (Å²) >= 11 is 3.51. The number of unbranched alkanes of at least 4 members (excludes halogenated alkanes) is 1. The van der Waals surface area contributed by atoms with Gasteiger partial charge in [0.1, 0.15) is 0 Å². The van der Waals surface area contributed by atoms with Crippen molar-refractivity contribution in [1.29, 1.82) is 0 Å². The lowest BCUT2D eigenvalue weighted by atomic mass is 10.2. The summed E-state index contributed by atoms with van der Waals surface area (Å²) in [4.78, 5) is 4.64. The molecule has 0 saturated heterocycles. The van der Waals surface area contributed by atoms with Gasteiger partial charge in [-0.05, 0) is 60.3 Å². The van der Waals surface area contributed by atoms with E-state index < -0.39 is 0 Å². The lowest BCUT2D eigenvalue weighted by Crippen LogP contribution is -2.37. The van der Waals surface area contributed by atoms with Gasteiger partial charge in [0, 0.05) is 26.3 Å². The van der Waals surface area contributed by atoms with Crippen LogP contribution in [-0.4, -0.2) is 46.5 Å². The summed E-state index contributed by atoms with van der Waals surface area (Å²) < 4.78 is 16.9. The number of hydrogen-bond acceptors (Lipinski definition) is 4. The number of nitrogens with zero attached hydrogens (tertiary/aromatic N) is 1. The molecule has 2 N–H and O–H groups in total. The van der Waals surface area contributed by atoms with Gasteiger partial charge in [-0.25, -0.2) is 4.99 Å². The molecule has 150 valence electrons. The fourth-order valence-electron chi connectivity index (χ4n) is 2.25. The standard InChI is InChI=1S/C18H30BrN3O3.HI/c1-5-20-18(21-9-7-8-10-25-6-2)22-13-14-11-15(19)17(24-4)16(12-14)23-3;/h11-12H,5-10,13H2,1-4H3,(H2,20,21,22);1H. The van der Waals surface area contributed by atoms with E-state index in [4.69, 9.17) is 14.2 Å². The van der Waals surface area contributed by atoms with Crippen LogP contribution in [0.3, 0.4) is 0 Å². The molecule has 0 aromatic heterocycles. The number of methoxy groups -OCH3 is 2. The van der Waals surface area contributed by atoms with Crippen molar-refractivity contribution in [1.82, 2.24) is 10.6 Å². The van der Waals surface area contributed by atoms with Crippen molar-refractivity contribution in [3.05, 3.63) is 22.2 Å². The van der Waals surface area contributed by atoms with Crippen LogP contribution in [0.5, 0.6) is 11.5 Å². The van der Waals surface area contributed by atoms with Crippen LogP contribution in [0.2, 0.25) is 0 Å². The molecular weight excluding hydrogens is 513 g/mol. The van der Waals surface area contributed by atoms with Crippen molar-refractivity contribution in [2.75, 3.05) is 40.5 Å². The molecular formula is C18H31BrIN3O3. The van der Waals surface area contributed by atoms with E-state index in [1.54, 1.807) is 14.2 Å². The summed E-state index contributed by atoms with van der Waals surface area (Å²) in [6.45, 7) is 7.89. The van der Waals surface area contributed by atoms with E-state index >= 15 is 0 Å². The Morgan fingerprint density at radius 1 is 1.12 bits per heavy atom. The highest BCUT2D eigenvalue weighted by Gasteiger charge is 2.10. The molecule has 0 saturated carbocycles. The minimum Gasteiger partial charge on any atom is -0.493 e. The third kappa shape index (κ3) is 9.27. The van der Waals surface area contributed by atoms with Gasteiger partial charge in [0.25, 0.3) is 0 Å². The van der Waals surface area contributed by atoms with Crippen LogP contribution in [0.1, 0.15) is 32.3 Å². The highest BCUT2D eigenvalue weighted by molar-refractivity contribution is 14.0. The first-order valence-electron chi connectivity index (χ1n) is 8.66. The maximum Gasteiger partial charge on any atom is 0.191 e. The highest BCUT2D eigenvalue weighted by Crippen LogP contribution is 2.36. The van der Waals surface area contributed by atoms with Gasteiger partial charge in [-0.1, -0.05) is 0 Å². The molecule has 0 heterocycles. The number of nitrogens with one attached hydrogen (secondary N) is 2. The fraction of sp³-hybridized carbons (Fsp3) is 0.611. The quantitative estimate of drug-likeness (QED) is 0.191. The minimum absolute atomic E-state index is 0. The molecule has 0 atom stereocenters. The number of halogens is 2. The van der Waals surface area contributed by atoms with Gasteiger partial charge in [0.15, 0.2) is 17.5 Å². The topological polar surface area (TPSA) is 64.1 Å². The van der Waals surface area contributed by atoms with Gasteiger partial charge in [-0.3, -0.25) is 0 Å². The van der Waals surface area contributed by atoms with Crippen molar-refractivity contribution in [3.63, 3.8) is 0 Å². The average molecular weight is 544 g/mol. The predicted molar refractivity (Wildman–Crippen MR) is 121 cm³/mol. The Labute approximate surface area is 182 Å². The second-order valence-corrected chi connectivity index (χ2v) is 6.19. The molecule has 1 rings (SSSR count). The van der Waals surface area contributed by atoms with E-state index in [1.165, 1.54) is 0 Å². The Bertz CT molecular complexity index is 545. The van der Waals surface area contributed by atoms with Crippen molar-refractivity contribution in [3.8, 4) is 11.5 Å². The molecule has 8 heteroatoms. The van der Waals surface area contributed by atoms with Crippen molar-refractivity contribution >= 4 is 45.9 Å². The summed E-state index contributed by atoms with van der Waals surface area (Å²) in [5.74, 6) is 2.19. The van der Waals surface area contributed by atoms with Crippen LogP contribution >= 0.6 is 39.9 Å². The zero-order valence-corrected chi connectivity index (χ0v) is 20.0. The SMILES string of the molecule is CCNC(=NCc1cc(Br)c(OC)c(OC)c1)NCCCCOCC.I. The van der Waals surface area contributed by atoms with Gasteiger partial charge in [0.2, 0.25) is 0 Å². The van der Waals surface area contributed by atoms with E-state index in [9.17, 15) is 0 Å². The van der Waals surface area contributed by atoms with Gasteiger partial charge < -0.3 is 24.8 Å². The van der Waals surface area contributed by atoms with E-state index in [0.29, 0.717) is 18.0 Å². The van der Waals surface area contributed by atoms with E-state index in [2.05, 4.69) is 38.5 Å². The Morgan fingerprint density at radius 2 is 1.88 bits per heavy atom. The van der Waals surface area contributed by atoms with Gasteiger partial charge in [-0.15, -0.1) is 24.0 Å². The minimum atomic E-state index is 0. The molecule has 26 heavy (non-hydrogen) atoms. The van der Waals surface area contributed by atoms with Crippen molar-refractivity contribution in [2.24, 2.45) is 4.99 Å². The Balaban J connectivity index is 0.00000625. The molecule has 0 aliphatic carbocycles. The number of rotatable bonds is 11. The van der Waals surface area contributed by atoms with Crippen LogP contribution in [-0.2, 0) is 11.3 Å². The van der Waals surface area contributed by atoms with Gasteiger partial charge in [-0.2, -0.15) is 0 Å². The van der Waals surface area contributed by atoms with Crippen LogP contribution < -0.4 is 20.1 Å². The average Bonchev–Trinajstić information content (AvgIpc) is 2.61. The molecule has 1 aromatic carbocycles. The molecule has 0 aliphatic heterocycles. The van der Waals surface area contributed by atoms with Crippen LogP contribution in [0.15, 0.2) is 21.6 Å². The fourth-order valence-corrected chi connectivity index (χ4v) is 2.91. The van der Waals surface area contributed by atoms with Crippen molar-refractivity contribution in [2.45, 2.75) is 33.2 Å². The third-order valence-corrected chi connectivity index (χ3v) is 4.06. The molecule has 0 spiro atoms. The first-order chi connectivity index (χ1) is 12.2. The maximum atomic E-state index is 5.38. The first-order valence-corrected chi connectivity index (χ1v) is 9.45. The number of guanidine groups is 1. The summed E-state index contributed by atoms with van der Waals surface area (Å²) in [6.07, 6.45) is 2.09. The first kappa shape index (κ1) is 25.3. The summed E-state index contributed by atoms with van der Waals surface area (Å²) in [7, 11) is 3.25. The molecule has 0 amide bonds.